The standard InChI is InChI=1S/C24H34N4O5.C5H5N/c1-15-12-27(23(32)33-24(3,4)5)13-16(2)28(15)14-21(30)25-18-8-6-17(7-9-18)19-10-11-20(29)26-22(19)31;1-2-4-6-5-3-1/h6-9,15-16,19H,10-14H2,1-5H3,(H,25,30)(H,26,29,31);1-5H/t15-,16+,19?;. The van der Waals surface area contributed by atoms with E-state index in [-0.39, 0.29) is 48.4 Å². The fourth-order valence-electron chi connectivity index (χ4n) is 4.63. The SMILES string of the molecule is C[C@@H]1CN(C(=O)OC(C)(C)C)C[C@H](C)N1CC(=O)Nc1ccc(C2CCC(=O)NC2=O)cc1.c1ccncc1. The molecule has 4 amide bonds. The van der Waals surface area contributed by atoms with Crippen LogP contribution in [0.1, 0.15) is 58.9 Å². The maximum Gasteiger partial charge on any atom is 0.410 e. The third-order valence-corrected chi connectivity index (χ3v) is 6.48. The van der Waals surface area contributed by atoms with Crippen molar-refractivity contribution in [3.63, 3.8) is 0 Å². The Morgan fingerprint density at radius 1 is 1.03 bits per heavy atom. The van der Waals surface area contributed by atoms with Crippen LogP contribution in [-0.2, 0) is 19.1 Å². The first-order valence-corrected chi connectivity index (χ1v) is 13.2. The molecule has 0 aliphatic carbocycles. The number of aromatic nitrogens is 1. The van der Waals surface area contributed by atoms with E-state index in [1.165, 1.54) is 0 Å². The molecule has 0 saturated carbocycles. The summed E-state index contributed by atoms with van der Waals surface area (Å²) < 4.78 is 5.48. The Balaban J connectivity index is 0.000000617. The smallest absolute Gasteiger partial charge is 0.410 e. The Labute approximate surface area is 230 Å². The van der Waals surface area contributed by atoms with Gasteiger partial charge in [-0.15, -0.1) is 0 Å². The molecule has 2 aliphatic heterocycles. The number of ether oxygens (including phenoxy) is 1. The fourth-order valence-corrected chi connectivity index (χ4v) is 4.63. The molecule has 3 heterocycles. The van der Waals surface area contributed by atoms with Crippen molar-refractivity contribution in [2.45, 2.75) is 71.1 Å². The van der Waals surface area contributed by atoms with Gasteiger partial charge >= 0.3 is 6.09 Å². The van der Waals surface area contributed by atoms with E-state index in [1.54, 1.807) is 41.6 Å². The molecule has 2 N–H and O–H groups in total. The van der Waals surface area contributed by atoms with E-state index in [2.05, 4.69) is 20.5 Å². The number of amides is 4. The molecule has 4 rings (SSSR count). The molecule has 2 saturated heterocycles. The zero-order chi connectivity index (χ0) is 28.6. The van der Waals surface area contributed by atoms with Crippen molar-refractivity contribution < 1.29 is 23.9 Å². The van der Waals surface area contributed by atoms with Gasteiger partial charge in [0.25, 0.3) is 0 Å². The molecule has 1 unspecified atom stereocenters. The van der Waals surface area contributed by atoms with Gasteiger partial charge in [0, 0.05) is 49.7 Å². The lowest BCUT2D eigenvalue weighted by atomic mass is 9.90. The molecule has 210 valence electrons. The van der Waals surface area contributed by atoms with E-state index in [0.29, 0.717) is 31.6 Å². The number of rotatable bonds is 4. The highest BCUT2D eigenvalue weighted by atomic mass is 16.6. The Kier molecular flexibility index (Phi) is 10.2. The van der Waals surface area contributed by atoms with Crippen molar-refractivity contribution in [3.05, 3.63) is 60.4 Å². The molecule has 39 heavy (non-hydrogen) atoms. The summed E-state index contributed by atoms with van der Waals surface area (Å²) in [6.07, 6.45) is 3.98. The van der Waals surface area contributed by atoms with Crippen LogP contribution in [0.4, 0.5) is 10.5 Å². The van der Waals surface area contributed by atoms with E-state index in [1.807, 2.05) is 52.8 Å². The summed E-state index contributed by atoms with van der Waals surface area (Å²) >= 11 is 0. The second-order valence-electron chi connectivity index (χ2n) is 11.0. The summed E-state index contributed by atoms with van der Waals surface area (Å²) in [6, 6.07) is 12.9. The molecule has 1 aromatic carbocycles. The topological polar surface area (TPSA) is 121 Å². The monoisotopic (exact) mass is 537 g/mol. The minimum absolute atomic E-state index is 0.00178. The van der Waals surface area contributed by atoms with Crippen LogP contribution in [0.25, 0.3) is 0 Å². The maximum atomic E-state index is 12.7. The van der Waals surface area contributed by atoms with Gasteiger partial charge in [0.05, 0.1) is 12.5 Å². The molecule has 0 radical (unpaired) electrons. The molecule has 2 aromatic rings. The first kappa shape index (κ1) is 29.8. The molecule has 10 nitrogen and oxygen atoms in total. The van der Waals surface area contributed by atoms with E-state index in [9.17, 15) is 19.2 Å². The van der Waals surface area contributed by atoms with Crippen LogP contribution < -0.4 is 10.6 Å². The Morgan fingerprint density at radius 3 is 2.13 bits per heavy atom. The van der Waals surface area contributed by atoms with Crippen molar-refractivity contribution >= 4 is 29.5 Å². The van der Waals surface area contributed by atoms with Crippen LogP contribution in [0.3, 0.4) is 0 Å². The molecule has 10 heteroatoms. The number of piperidine rings is 1. The van der Waals surface area contributed by atoms with Crippen molar-refractivity contribution in [1.82, 2.24) is 20.1 Å². The number of nitrogens with one attached hydrogen (secondary N) is 2. The van der Waals surface area contributed by atoms with Gasteiger partial charge in [-0.1, -0.05) is 18.2 Å². The van der Waals surface area contributed by atoms with Gasteiger partial charge in [0.15, 0.2) is 0 Å². The number of carbonyl (C=O) groups excluding carboxylic acids is 4. The molecule has 0 spiro atoms. The number of pyridine rings is 1. The highest BCUT2D eigenvalue weighted by molar-refractivity contribution is 6.01. The van der Waals surface area contributed by atoms with E-state index in [0.717, 1.165) is 5.56 Å². The normalized spacial score (nSPS) is 21.8. The van der Waals surface area contributed by atoms with Gasteiger partial charge in [-0.05, 0) is 70.9 Å². The van der Waals surface area contributed by atoms with E-state index in [4.69, 9.17) is 4.74 Å². The molecule has 1 aromatic heterocycles. The lowest BCUT2D eigenvalue weighted by Gasteiger charge is -2.44. The largest absolute Gasteiger partial charge is 0.444 e. The average molecular weight is 538 g/mol. The van der Waals surface area contributed by atoms with Crippen LogP contribution in [0.2, 0.25) is 0 Å². The third-order valence-electron chi connectivity index (χ3n) is 6.48. The van der Waals surface area contributed by atoms with Crippen molar-refractivity contribution in [2.75, 3.05) is 25.0 Å². The molecule has 2 aliphatic rings. The first-order chi connectivity index (χ1) is 18.4. The minimum Gasteiger partial charge on any atom is -0.444 e. The van der Waals surface area contributed by atoms with E-state index < -0.39 is 5.60 Å². The summed E-state index contributed by atoms with van der Waals surface area (Å²) in [7, 11) is 0. The molecule has 0 bridgehead atoms. The summed E-state index contributed by atoms with van der Waals surface area (Å²) in [6.45, 7) is 10.7. The molecule has 2 fully saturated rings. The van der Waals surface area contributed by atoms with Crippen molar-refractivity contribution in [2.24, 2.45) is 0 Å². The Morgan fingerprint density at radius 2 is 1.64 bits per heavy atom. The number of hydrogen-bond acceptors (Lipinski definition) is 7. The van der Waals surface area contributed by atoms with Crippen LogP contribution in [0.5, 0.6) is 0 Å². The van der Waals surface area contributed by atoms with E-state index >= 15 is 0 Å². The summed E-state index contributed by atoms with van der Waals surface area (Å²) in [5.41, 5.74) is 0.913. The summed E-state index contributed by atoms with van der Waals surface area (Å²) in [4.78, 5) is 56.0. The first-order valence-electron chi connectivity index (χ1n) is 13.2. The lowest BCUT2D eigenvalue weighted by molar-refractivity contribution is -0.134. The van der Waals surface area contributed by atoms with Gasteiger partial charge in [0.2, 0.25) is 17.7 Å². The highest BCUT2D eigenvalue weighted by Crippen LogP contribution is 2.26. The summed E-state index contributed by atoms with van der Waals surface area (Å²) in [5, 5.41) is 5.27. The fraction of sp³-hybridized carbons (Fsp3) is 0.483. The number of piperazine rings is 1. The zero-order valence-corrected chi connectivity index (χ0v) is 23.3. The number of hydrogen-bond donors (Lipinski definition) is 2. The lowest BCUT2D eigenvalue weighted by Crippen LogP contribution is -2.59. The van der Waals surface area contributed by atoms with Gasteiger partial charge in [-0.3, -0.25) is 29.6 Å². The van der Waals surface area contributed by atoms with Crippen LogP contribution in [0.15, 0.2) is 54.9 Å². The average Bonchev–Trinajstić information content (AvgIpc) is 2.87. The number of carbonyl (C=O) groups is 4. The molecular formula is C29H39N5O5. The van der Waals surface area contributed by atoms with Crippen LogP contribution in [0, 0.1) is 0 Å². The van der Waals surface area contributed by atoms with Gasteiger partial charge in [-0.25, -0.2) is 4.79 Å². The van der Waals surface area contributed by atoms with Crippen LogP contribution >= 0.6 is 0 Å². The highest BCUT2D eigenvalue weighted by Gasteiger charge is 2.35. The minimum atomic E-state index is -0.547. The maximum absolute atomic E-state index is 12.7. The number of anilines is 1. The van der Waals surface area contributed by atoms with Gasteiger partial charge < -0.3 is 15.0 Å². The number of benzene rings is 1. The number of nitrogens with zero attached hydrogens (tertiary/aromatic N) is 3. The predicted octanol–water partition coefficient (Wildman–Crippen LogP) is 3.56. The number of imide groups is 1. The molecule has 3 atom stereocenters. The van der Waals surface area contributed by atoms with Gasteiger partial charge in [-0.2, -0.15) is 0 Å². The summed E-state index contributed by atoms with van der Waals surface area (Å²) in [5.74, 6) is -1.02. The van der Waals surface area contributed by atoms with Gasteiger partial charge in [0.1, 0.15) is 5.60 Å². The van der Waals surface area contributed by atoms with Crippen LogP contribution in [-0.4, -0.2) is 75.9 Å². The Hall–Kier alpha value is -3.79. The Bertz CT molecular complexity index is 1090. The van der Waals surface area contributed by atoms with Crippen molar-refractivity contribution in [3.8, 4) is 0 Å². The predicted molar refractivity (Wildman–Crippen MR) is 148 cm³/mol. The third kappa shape index (κ3) is 9.17. The van der Waals surface area contributed by atoms with Crippen molar-refractivity contribution in [1.29, 1.82) is 0 Å². The second kappa shape index (κ2) is 13.3. The second-order valence-corrected chi connectivity index (χ2v) is 11.0. The molecular weight excluding hydrogens is 498 g/mol. The zero-order valence-electron chi connectivity index (χ0n) is 23.3. The quantitative estimate of drug-likeness (QED) is 0.572.